The predicted octanol–water partition coefficient (Wildman–Crippen LogP) is 1.63. The van der Waals surface area contributed by atoms with Crippen molar-refractivity contribution in [3.05, 3.63) is 29.8 Å². The third kappa shape index (κ3) is 4.47. The molecule has 6 heteroatoms. The molecule has 2 unspecified atom stereocenters. The molecule has 1 fully saturated rings. The van der Waals surface area contributed by atoms with Crippen molar-refractivity contribution in [1.29, 1.82) is 0 Å². The maximum atomic E-state index is 12.5. The highest BCUT2D eigenvalue weighted by Crippen LogP contribution is 2.16. The topological polar surface area (TPSA) is 70.1 Å². The Balaban J connectivity index is 1.86. The zero-order valence-corrected chi connectivity index (χ0v) is 14.6. The number of carbonyl (C=O) groups excluding carboxylic acids is 1. The van der Waals surface area contributed by atoms with E-state index in [1.54, 1.807) is 18.7 Å². The summed E-state index contributed by atoms with van der Waals surface area (Å²) in [6, 6.07) is 7.24. The average molecular weight is 334 g/mol. The van der Waals surface area contributed by atoms with Crippen LogP contribution in [0.1, 0.15) is 26.3 Å². The lowest BCUT2D eigenvalue weighted by molar-refractivity contribution is -0.145. The quantitative estimate of drug-likeness (QED) is 0.856. The summed E-state index contributed by atoms with van der Waals surface area (Å²) < 4.78 is 5.74. The van der Waals surface area contributed by atoms with Crippen molar-refractivity contribution in [3.63, 3.8) is 0 Å². The van der Waals surface area contributed by atoms with Gasteiger partial charge in [-0.15, -0.1) is 0 Å². The van der Waals surface area contributed by atoms with Gasteiger partial charge in [0.05, 0.1) is 0 Å². The number of aryl methyl sites for hydroxylation is 1. The predicted molar refractivity (Wildman–Crippen MR) is 91.2 cm³/mol. The summed E-state index contributed by atoms with van der Waals surface area (Å²) in [5.41, 5.74) is 1.23. The van der Waals surface area contributed by atoms with Gasteiger partial charge in [-0.05, 0) is 38.0 Å². The first kappa shape index (κ1) is 18.3. The molecule has 1 amide bonds. The number of rotatable bonds is 6. The fourth-order valence-corrected chi connectivity index (χ4v) is 2.80. The molecule has 1 heterocycles. The van der Waals surface area contributed by atoms with Crippen molar-refractivity contribution in [2.75, 3.05) is 26.2 Å². The number of hydrogen-bond acceptors (Lipinski definition) is 4. The minimum absolute atomic E-state index is 0.0582. The van der Waals surface area contributed by atoms with Crippen molar-refractivity contribution in [2.45, 2.75) is 39.3 Å². The van der Waals surface area contributed by atoms with Crippen LogP contribution in [-0.2, 0) is 16.0 Å². The number of ether oxygens (including phenoxy) is 1. The van der Waals surface area contributed by atoms with Crippen molar-refractivity contribution >= 4 is 11.9 Å². The van der Waals surface area contributed by atoms with E-state index >= 15 is 0 Å². The molecule has 132 valence electrons. The third-order valence-electron chi connectivity index (χ3n) is 4.52. The third-order valence-corrected chi connectivity index (χ3v) is 4.52. The van der Waals surface area contributed by atoms with Gasteiger partial charge in [0.2, 0.25) is 0 Å². The van der Waals surface area contributed by atoms with Crippen LogP contribution in [0.2, 0.25) is 0 Å². The molecule has 1 aliphatic heterocycles. The SMILES string of the molecule is CCc1ccc(OC(C)C(=O)N2CCN(C(C)C(=O)O)CC2)cc1. The number of carboxylic acids is 1. The summed E-state index contributed by atoms with van der Waals surface area (Å²) in [5, 5.41) is 9.06. The Morgan fingerprint density at radius 3 is 2.21 bits per heavy atom. The van der Waals surface area contributed by atoms with Crippen LogP contribution in [0.5, 0.6) is 5.75 Å². The van der Waals surface area contributed by atoms with Crippen molar-refractivity contribution in [2.24, 2.45) is 0 Å². The van der Waals surface area contributed by atoms with Crippen molar-refractivity contribution in [1.82, 2.24) is 9.80 Å². The van der Waals surface area contributed by atoms with Gasteiger partial charge in [0.1, 0.15) is 11.8 Å². The fraction of sp³-hybridized carbons (Fsp3) is 0.556. The average Bonchev–Trinajstić information content (AvgIpc) is 2.61. The first-order valence-corrected chi connectivity index (χ1v) is 8.43. The van der Waals surface area contributed by atoms with Crippen LogP contribution in [0.15, 0.2) is 24.3 Å². The summed E-state index contributed by atoms with van der Waals surface area (Å²) in [5.74, 6) is -0.203. The second-order valence-corrected chi connectivity index (χ2v) is 6.13. The van der Waals surface area contributed by atoms with Gasteiger partial charge in [0.25, 0.3) is 5.91 Å². The number of benzene rings is 1. The van der Waals surface area contributed by atoms with Gasteiger partial charge in [-0.1, -0.05) is 19.1 Å². The highest BCUT2D eigenvalue weighted by Gasteiger charge is 2.29. The Hall–Kier alpha value is -2.08. The van der Waals surface area contributed by atoms with E-state index in [1.165, 1.54) is 5.56 Å². The zero-order valence-electron chi connectivity index (χ0n) is 14.6. The number of nitrogens with zero attached hydrogens (tertiary/aromatic N) is 2. The molecule has 1 aliphatic rings. The van der Waals surface area contributed by atoms with Crippen LogP contribution in [0.4, 0.5) is 0 Å². The molecule has 2 rings (SSSR count). The largest absolute Gasteiger partial charge is 0.481 e. The lowest BCUT2D eigenvalue weighted by Gasteiger charge is -2.37. The van der Waals surface area contributed by atoms with E-state index < -0.39 is 18.1 Å². The Morgan fingerprint density at radius 2 is 1.71 bits per heavy atom. The summed E-state index contributed by atoms with van der Waals surface area (Å²) >= 11 is 0. The zero-order chi connectivity index (χ0) is 17.7. The van der Waals surface area contributed by atoms with Crippen molar-refractivity contribution in [3.8, 4) is 5.75 Å². The molecule has 0 radical (unpaired) electrons. The molecule has 24 heavy (non-hydrogen) atoms. The second kappa shape index (κ2) is 8.15. The maximum Gasteiger partial charge on any atom is 0.320 e. The molecule has 1 N–H and O–H groups in total. The number of carbonyl (C=O) groups is 2. The number of amides is 1. The van der Waals surface area contributed by atoms with E-state index in [1.807, 2.05) is 29.2 Å². The Kier molecular flexibility index (Phi) is 6.20. The molecule has 1 saturated heterocycles. The van der Waals surface area contributed by atoms with Gasteiger partial charge in [-0.3, -0.25) is 14.5 Å². The maximum absolute atomic E-state index is 12.5. The minimum Gasteiger partial charge on any atom is -0.481 e. The number of aliphatic carboxylic acids is 1. The van der Waals surface area contributed by atoms with Crippen molar-refractivity contribution < 1.29 is 19.4 Å². The highest BCUT2D eigenvalue weighted by atomic mass is 16.5. The molecule has 6 nitrogen and oxygen atoms in total. The van der Waals surface area contributed by atoms with Gasteiger partial charge in [-0.2, -0.15) is 0 Å². The van der Waals surface area contributed by atoms with Gasteiger partial charge in [0.15, 0.2) is 6.10 Å². The first-order chi connectivity index (χ1) is 11.4. The molecule has 2 atom stereocenters. The van der Waals surface area contributed by atoms with Crippen LogP contribution in [0.25, 0.3) is 0 Å². The normalized spacial score (nSPS) is 18.0. The Bertz CT molecular complexity index is 565. The van der Waals surface area contributed by atoms with E-state index in [4.69, 9.17) is 9.84 Å². The molecule has 0 aliphatic carbocycles. The molecular formula is C18H26N2O4. The summed E-state index contributed by atoms with van der Waals surface area (Å²) in [4.78, 5) is 27.2. The Morgan fingerprint density at radius 1 is 1.12 bits per heavy atom. The summed E-state index contributed by atoms with van der Waals surface area (Å²) in [6.45, 7) is 7.70. The molecule has 1 aromatic carbocycles. The van der Waals surface area contributed by atoms with Crippen LogP contribution in [0, 0.1) is 0 Å². The first-order valence-electron chi connectivity index (χ1n) is 8.43. The van der Waals surface area contributed by atoms with E-state index in [9.17, 15) is 9.59 Å². The monoisotopic (exact) mass is 334 g/mol. The van der Waals surface area contributed by atoms with Crippen LogP contribution in [0.3, 0.4) is 0 Å². The smallest absolute Gasteiger partial charge is 0.320 e. The molecule has 0 spiro atoms. The fourth-order valence-electron chi connectivity index (χ4n) is 2.80. The lowest BCUT2D eigenvalue weighted by atomic mass is 10.2. The molecule has 0 bridgehead atoms. The van der Waals surface area contributed by atoms with Crippen LogP contribution >= 0.6 is 0 Å². The molecular weight excluding hydrogens is 308 g/mol. The standard InChI is InChI=1S/C18H26N2O4/c1-4-15-5-7-16(8-6-15)24-14(3)17(21)20-11-9-19(10-12-20)13(2)18(22)23/h5-8,13-14H,4,9-12H2,1-3H3,(H,22,23). The molecule has 1 aromatic rings. The van der Waals surface area contributed by atoms with E-state index in [0.717, 1.165) is 6.42 Å². The lowest BCUT2D eigenvalue weighted by Crippen LogP contribution is -2.55. The van der Waals surface area contributed by atoms with E-state index in [-0.39, 0.29) is 5.91 Å². The van der Waals surface area contributed by atoms with E-state index in [2.05, 4.69) is 6.92 Å². The minimum atomic E-state index is -0.831. The number of piperazine rings is 1. The Labute approximate surface area is 143 Å². The van der Waals surface area contributed by atoms with Gasteiger partial charge < -0.3 is 14.7 Å². The van der Waals surface area contributed by atoms with E-state index in [0.29, 0.717) is 31.9 Å². The molecule has 0 aromatic heterocycles. The number of hydrogen-bond donors (Lipinski definition) is 1. The van der Waals surface area contributed by atoms with Gasteiger partial charge in [0, 0.05) is 26.2 Å². The highest BCUT2D eigenvalue weighted by molar-refractivity contribution is 5.81. The summed E-state index contributed by atoms with van der Waals surface area (Å²) in [6.07, 6.45) is 0.411. The van der Waals surface area contributed by atoms with Gasteiger partial charge in [-0.25, -0.2) is 0 Å². The second-order valence-electron chi connectivity index (χ2n) is 6.13. The van der Waals surface area contributed by atoms with Gasteiger partial charge >= 0.3 is 5.97 Å². The van der Waals surface area contributed by atoms with Crippen LogP contribution in [-0.4, -0.2) is 65.1 Å². The summed E-state index contributed by atoms with van der Waals surface area (Å²) in [7, 11) is 0. The molecule has 0 saturated carbocycles. The van der Waals surface area contributed by atoms with Crippen LogP contribution < -0.4 is 4.74 Å². The number of carboxylic acid groups (broad SMARTS) is 1.